The van der Waals surface area contributed by atoms with Gasteiger partial charge in [-0.2, -0.15) is 0 Å². The van der Waals surface area contributed by atoms with Gasteiger partial charge in [-0.05, 0) is 62.2 Å². The minimum atomic E-state index is 0.376. The summed E-state index contributed by atoms with van der Waals surface area (Å²) in [6, 6.07) is 0. The first-order valence-corrected chi connectivity index (χ1v) is 10.6. The normalized spacial score (nSPS) is 36.2. The van der Waals surface area contributed by atoms with Crippen LogP contribution in [0.5, 0.6) is 0 Å². The molecule has 2 heteroatoms. The lowest BCUT2D eigenvalue weighted by atomic mass is 9.62. The zero-order valence-corrected chi connectivity index (χ0v) is 18.2. The van der Waals surface area contributed by atoms with E-state index in [0.717, 1.165) is 24.9 Å². The van der Waals surface area contributed by atoms with E-state index in [-0.39, 0.29) is 0 Å². The third-order valence-electron chi connectivity index (χ3n) is 7.16. The lowest BCUT2D eigenvalue weighted by molar-refractivity contribution is -0.0725. The smallest absolute Gasteiger partial charge is 0.0678 e. The average Bonchev–Trinajstić information content (AvgIpc) is 2.48. The van der Waals surface area contributed by atoms with Crippen molar-refractivity contribution in [2.45, 2.75) is 93.3 Å². The van der Waals surface area contributed by atoms with E-state index >= 15 is 0 Å². The third kappa shape index (κ3) is 5.32. The van der Waals surface area contributed by atoms with E-state index in [2.05, 4.69) is 66.4 Å². The van der Waals surface area contributed by atoms with Crippen LogP contribution >= 0.6 is 0 Å². The van der Waals surface area contributed by atoms with E-state index in [4.69, 9.17) is 4.74 Å². The number of hydrogen-bond acceptors (Lipinski definition) is 2. The highest BCUT2D eigenvalue weighted by Gasteiger charge is 2.38. The number of nitrogens with zero attached hydrogens (tertiary/aromatic N) is 1. The van der Waals surface area contributed by atoms with Gasteiger partial charge in [0, 0.05) is 19.6 Å². The monoisotopic (exact) mass is 349 g/mol. The molecular formula is C23H43NO. The van der Waals surface area contributed by atoms with Gasteiger partial charge in [-0.3, -0.25) is 4.90 Å². The zero-order chi connectivity index (χ0) is 18.8. The van der Waals surface area contributed by atoms with Crippen LogP contribution in [0.25, 0.3) is 0 Å². The van der Waals surface area contributed by atoms with Crippen LogP contribution in [0.15, 0.2) is 11.6 Å². The van der Waals surface area contributed by atoms with Gasteiger partial charge in [-0.25, -0.2) is 0 Å². The zero-order valence-electron chi connectivity index (χ0n) is 18.2. The third-order valence-corrected chi connectivity index (χ3v) is 7.16. The summed E-state index contributed by atoms with van der Waals surface area (Å²) in [6.07, 6.45) is 8.47. The van der Waals surface area contributed by atoms with Crippen LogP contribution in [-0.4, -0.2) is 36.7 Å². The summed E-state index contributed by atoms with van der Waals surface area (Å²) in [5.41, 5.74) is 2.53. The molecule has 0 N–H and O–H groups in total. The Kier molecular flexibility index (Phi) is 6.82. The van der Waals surface area contributed by atoms with E-state index in [1.165, 1.54) is 32.2 Å². The van der Waals surface area contributed by atoms with Crippen molar-refractivity contribution in [1.29, 1.82) is 0 Å². The molecule has 0 amide bonds. The van der Waals surface area contributed by atoms with Gasteiger partial charge >= 0.3 is 0 Å². The summed E-state index contributed by atoms with van der Waals surface area (Å²) in [6.45, 7) is 22.5. The SMILES string of the molecule is CCC(C)(C)C1=CCC(C)(CC(C)CN2C[C@@H](C)O[C@@H](C)C2)C(C)C1. The maximum absolute atomic E-state index is 5.89. The Morgan fingerprint density at radius 1 is 1.24 bits per heavy atom. The van der Waals surface area contributed by atoms with E-state index < -0.39 is 0 Å². The molecule has 2 nitrogen and oxygen atoms in total. The Morgan fingerprint density at radius 3 is 2.36 bits per heavy atom. The molecule has 1 saturated heterocycles. The van der Waals surface area contributed by atoms with Gasteiger partial charge in [-0.1, -0.05) is 53.2 Å². The van der Waals surface area contributed by atoms with Gasteiger partial charge in [0.15, 0.2) is 0 Å². The first kappa shape index (κ1) is 21.0. The fraction of sp³-hybridized carbons (Fsp3) is 0.913. The topological polar surface area (TPSA) is 12.5 Å². The highest BCUT2D eigenvalue weighted by molar-refractivity contribution is 5.18. The van der Waals surface area contributed by atoms with Crippen molar-refractivity contribution >= 4 is 0 Å². The minimum absolute atomic E-state index is 0.376. The van der Waals surface area contributed by atoms with Crippen LogP contribution in [0.1, 0.15) is 81.1 Å². The Labute approximate surface area is 157 Å². The predicted octanol–water partition coefficient (Wildman–Crippen LogP) is 5.92. The first-order chi connectivity index (χ1) is 11.6. The highest BCUT2D eigenvalue weighted by atomic mass is 16.5. The highest BCUT2D eigenvalue weighted by Crippen LogP contribution is 2.49. The molecule has 0 spiro atoms. The quantitative estimate of drug-likeness (QED) is 0.552. The van der Waals surface area contributed by atoms with Gasteiger partial charge in [0.25, 0.3) is 0 Å². The van der Waals surface area contributed by atoms with Crippen molar-refractivity contribution in [1.82, 2.24) is 4.90 Å². The molecule has 2 rings (SSSR count). The largest absolute Gasteiger partial charge is 0.373 e. The molecule has 0 aromatic heterocycles. The number of rotatable bonds is 6. The van der Waals surface area contributed by atoms with Crippen LogP contribution in [0.3, 0.4) is 0 Å². The molecule has 146 valence electrons. The second-order valence-electron chi connectivity index (χ2n) is 10.2. The molecule has 3 unspecified atom stereocenters. The fourth-order valence-electron chi connectivity index (χ4n) is 5.02. The molecule has 0 saturated carbocycles. The van der Waals surface area contributed by atoms with Gasteiger partial charge in [-0.15, -0.1) is 0 Å². The van der Waals surface area contributed by atoms with E-state index in [0.29, 0.717) is 23.0 Å². The van der Waals surface area contributed by atoms with Crippen LogP contribution in [0.2, 0.25) is 0 Å². The molecule has 5 atom stereocenters. The molecule has 0 radical (unpaired) electrons. The Bertz CT molecular complexity index is 459. The van der Waals surface area contributed by atoms with Crippen LogP contribution in [0.4, 0.5) is 0 Å². The van der Waals surface area contributed by atoms with Crippen molar-refractivity contribution in [2.75, 3.05) is 19.6 Å². The summed E-state index contributed by atoms with van der Waals surface area (Å²) in [5, 5.41) is 0. The maximum atomic E-state index is 5.89. The lowest BCUT2D eigenvalue weighted by Crippen LogP contribution is -2.47. The van der Waals surface area contributed by atoms with Crippen molar-refractivity contribution in [3.8, 4) is 0 Å². The molecular weight excluding hydrogens is 306 g/mol. The number of hydrogen-bond donors (Lipinski definition) is 0. The van der Waals surface area contributed by atoms with Crippen molar-refractivity contribution < 1.29 is 4.74 Å². The Morgan fingerprint density at radius 2 is 1.84 bits per heavy atom. The summed E-state index contributed by atoms with van der Waals surface area (Å²) in [4.78, 5) is 2.63. The van der Waals surface area contributed by atoms with Crippen LogP contribution < -0.4 is 0 Å². The van der Waals surface area contributed by atoms with Crippen molar-refractivity contribution in [2.24, 2.45) is 22.7 Å². The standard InChI is InChI=1S/C23H43NO/c1-9-22(6,7)21-10-11-23(8,18(3)12-21)13-17(2)14-24-15-19(4)25-20(5)16-24/h10,17-20H,9,11-16H2,1-8H3/t17?,18?,19-,20+,23?. The molecule has 25 heavy (non-hydrogen) atoms. The van der Waals surface area contributed by atoms with Gasteiger partial charge in [0.1, 0.15) is 0 Å². The number of morpholine rings is 1. The molecule has 0 aromatic carbocycles. The minimum Gasteiger partial charge on any atom is -0.373 e. The van der Waals surface area contributed by atoms with Crippen molar-refractivity contribution in [3.63, 3.8) is 0 Å². The summed E-state index contributed by atoms with van der Waals surface area (Å²) in [5.74, 6) is 1.53. The molecule has 1 aliphatic heterocycles. The first-order valence-electron chi connectivity index (χ1n) is 10.6. The molecule has 1 aliphatic carbocycles. The Balaban J connectivity index is 1.94. The van der Waals surface area contributed by atoms with Crippen LogP contribution in [0, 0.1) is 22.7 Å². The summed E-state index contributed by atoms with van der Waals surface area (Å²) >= 11 is 0. The Hall–Kier alpha value is -0.340. The lowest BCUT2D eigenvalue weighted by Gasteiger charge is -2.45. The molecule has 1 heterocycles. The predicted molar refractivity (Wildman–Crippen MR) is 109 cm³/mol. The second-order valence-corrected chi connectivity index (χ2v) is 10.2. The summed E-state index contributed by atoms with van der Waals surface area (Å²) in [7, 11) is 0. The van der Waals surface area contributed by atoms with Gasteiger partial charge in [0.2, 0.25) is 0 Å². The molecule has 0 bridgehead atoms. The van der Waals surface area contributed by atoms with Gasteiger partial charge < -0.3 is 4.74 Å². The number of allylic oxidation sites excluding steroid dienone is 2. The molecule has 2 aliphatic rings. The number of ether oxygens (including phenoxy) is 1. The summed E-state index contributed by atoms with van der Waals surface area (Å²) < 4.78 is 5.89. The average molecular weight is 350 g/mol. The van der Waals surface area contributed by atoms with Gasteiger partial charge in [0.05, 0.1) is 12.2 Å². The van der Waals surface area contributed by atoms with Crippen LogP contribution in [-0.2, 0) is 4.74 Å². The van der Waals surface area contributed by atoms with E-state index in [1.54, 1.807) is 5.57 Å². The van der Waals surface area contributed by atoms with E-state index in [9.17, 15) is 0 Å². The second kappa shape index (κ2) is 8.13. The van der Waals surface area contributed by atoms with Crippen molar-refractivity contribution in [3.05, 3.63) is 11.6 Å². The fourth-order valence-corrected chi connectivity index (χ4v) is 5.02. The molecule has 0 aromatic rings. The maximum Gasteiger partial charge on any atom is 0.0678 e. The van der Waals surface area contributed by atoms with E-state index in [1.807, 2.05) is 0 Å². The molecule has 1 fully saturated rings.